The second-order valence-electron chi connectivity index (χ2n) is 4.31. The Morgan fingerprint density at radius 2 is 2.13 bits per heavy atom. The monoisotopic (exact) mass is 211 g/mol. The van der Waals surface area contributed by atoms with Crippen molar-refractivity contribution >= 4 is 0 Å². The van der Waals surface area contributed by atoms with Gasteiger partial charge in [0.15, 0.2) is 0 Å². The molecule has 0 aromatic carbocycles. The Kier molecular flexibility index (Phi) is 4.85. The fourth-order valence-electron chi connectivity index (χ4n) is 1.69. The predicted octanol–water partition coefficient (Wildman–Crippen LogP) is 2.34. The molecule has 0 saturated heterocycles. The second-order valence-corrected chi connectivity index (χ2v) is 4.31. The molecule has 2 N–H and O–H groups in total. The van der Waals surface area contributed by atoms with Crippen LogP contribution in [0.2, 0.25) is 0 Å². The molecule has 1 aromatic rings. The molecule has 0 radical (unpaired) electrons. The molecular formula is C12H21NO2. The van der Waals surface area contributed by atoms with Crippen molar-refractivity contribution in [1.82, 2.24) is 5.32 Å². The first kappa shape index (κ1) is 12.3. The van der Waals surface area contributed by atoms with Crippen LogP contribution in [0.4, 0.5) is 0 Å². The maximum atomic E-state index is 8.97. The van der Waals surface area contributed by atoms with E-state index >= 15 is 0 Å². The van der Waals surface area contributed by atoms with Gasteiger partial charge >= 0.3 is 0 Å². The van der Waals surface area contributed by atoms with Gasteiger partial charge in [0, 0.05) is 24.3 Å². The number of furan rings is 1. The summed E-state index contributed by atoms with van der Waals surface area (Å²) >= 11 is 0. The number of rotatable bonds is 6. The topological polar surface area (TPSA) is 45.4 Å². The molecule has 3 heteroatoms. The van der Waals surface area contributed by atoms with Crippen LogP contribution >= 0.6 is 0 Å². The first-order valence-corrected chi connectivity index (χ1v) is 5.54. The van der Waals surface area contributed by atoms with Crippen molar-refractivity contribution in [2.45, 2.75) is 39.3 Å². The van der Waals surface area contributed by atoms with Crippen molar-refractivity contribution in [2.24, 2.45) is 5.92 Å². The van der Waals surface area contributed by atoms with Gasteiger partial charge in [0.25, 0.3) is 0 Å². The molecule has 0 amide bonds. The summed E-state index contributed by atoms with van der Waals surface area (Å²) in [6.07, 6.45) is 4.23. The largest absolute Gasteiger partial charge is 0.472 e. The predicted molar refractivity (Wildman–Crippen MR) is 60.6 cm³/mol. The highest BCUT2D eigenvalue weighted by Gasteiger charge is 2.16. The Morgan fingerprint density at radius 1 is 1.40 bits per heavy atom. The zero-order valence-corrected chi connectivity index (χ0v) is 9.73. The number of aliphatic hydroxyl groups excluding tert-OH is 1. The molecule has 0 bridgehead atoms. The Hall–Kier alpha value is -0.800. The van der Waals surface area contributed by atoms with Crippen molar-refractivity contribution in [3.8, 4) is 0 Å². The van der Waals surface area contributed by atoms with Crippen LogP contribution in [0.25, 0.3) is 0 Å². The van der Waals surface area contributed by atoms with Gasteiger partial charge in [-0.3, -0.25) is 0 Å². The molecule has 3 nitrogen and oxygen atoms in total. The van der Waals surface area contributed by atoms with Crippen LogP contribution < -0.4 is 5.32 Å². The molecule has 0 aliphatic rings. The molecule has 86 valence electrons. The molecule has 0 fully saturated rings. The molecule has 0 aliphatic heterocycles. The molecule has 15 heavy (non-hydrogen) atoms. The molecule has 1 heterocycles. The van der Waals surface area contributed by atoms with E-state index in [1.54, 1.807) is 12.5 Å². The number of nitrogens with one attached hydrogen (secondary N) is 1. The summed E-state index contributed by atoms with van der Waals surface area (Å²) < 4.78 is 5.05. The van der Waals surface area contributed by atoms with E-state index in [2.05, 4.69) is 26.1 Å². The van der Waals surface area contributed by atoms with Gasteiger partial charge in [-0.05, 0) is 25.3 Å². The zero-order valence-electron chi connectivity index (χ0n) is 9.73. The van der Waals surface area contributed by atoms with E-state index < -0.39 is 0 Å². The summed E-state index contributed by atoms with van der Waals surface area (Å²) in [5.74, 6) is 0.520. The third kappa shape index (κ3) is 3.68. The maximum absolute atomic E-state index is 8.97. The molecule has 0 aliphatic carbocycles. The lowest BCUT2D eigenvalue weighted by Gasteiger charge is -2.25. The number of hydrogen-bond donors (Lipinski definition) is 2. The van der Waals surface area contributed by atoms with Crippen LogP contribution in [0.5, 0.6) is 0 Å². The van der Waals surface area contributed by atoms with Crippen LogP contribution in [0, 0.1) is 5.92 Å². The van der Waals surface area contributed by atoms with Gasteiger partial charge in [-0.25, -0.2) is 0 Å². The highest BCUT2D eigenvalue weighted by Crippen LogP contribution is 2.16. The zero-order chi connectivity index (χ0) is 11.3. The Balaban J connectivity index is 2.50. The molecule has 0 saturated carbocycles. The molecule has 1 aromatic heterocycles. The summed E-state index contributed by atoms with van der Waals surface area (Å²) in [7, 11) is 0. The quantitative estimate of drug-likeness (QED) is 0.759. The van der Waals surface area contributed by atoms with E-state index in [1.165, 1.54) is 0 Å². The summed E-state index contributed by atoms with van der Waals surface area (Å²) in [6, 6.07) is 2.58. The first-order valence-electron chi connectivity index (χ1n) is 5.54. The molecule has 2 unspecified atom stereocenters. The van der Waals surface area contributed by atoms with Crippen LogP contribution in [-0.4, -0.2) is 17.8 Å². The van der Waals surface area contributed by atoms with Gasteiger partial charge in [-0.15, -0.1) is 0 Å². The van der Waals surface area contributed by atoms with Crippen molar-refractivity contribution in [3.05, 3.63) is 24.2 Å². The van der Waals surface area contributed by atoms with Crippen molar-refractivity contribution in [2.75, 3.05) is 6.61 Å². The van der Waals surface area contributed by atoms with E-state index in [4.69, 9.17) is 9.52 Å². The summed E-state index contributed by atoms with van der Waals surface area (Å²) in [4.78, 5) is 0. The lowest BCUT2D eigenvalue weighted by Crippen LogP contribution is -2.36. The standard InChI is InChI=1S/C12H21NO2/c1-9(2)12(4-6-14)13-10(3)11-5-7-15-8-11/h5,7-10,12-14H,4,6H2,1-3H3. The minimum atomic E-state index is 0.230. The smallest absolute Gasteiger partial charge is 0.0950 e. The summed E-state index contributed by atoms with van der Waals surface area (Å²) in [5.41, 5.74) is 1.15. The van der Waals surface area contributed by atoms with Crippen LogP contribution in [-0.2, 0) is 0 Å². The molecule has 2 atom stereocenters. The third-order valence-corrected chi connectivity index (χ3v) is 2.75. The van der Waals surface area contributed by atoms with Crippen LogP contribution in [0.15, 0.2) is 23.0 Å². The average Bonchev–Trinajstić information content (AvgIpc) is 2.69. The van der Waals surface area contributed by atoms with E-state index in [9.17, 15) is 0 Å². The minimum Gasteiger partial charge on any atom is -0.472 e. The molecule has 1 rings (SSSR count). The van der Waals surface area contributed by atoms with Crippen molar-refractivity contribution in [3.63, 3.8) is 0 Å². The summed E-state index contributed by atoms with van der Waals surface area (Å²) in [6.45, 7) is 6.66. The van der Waals surface area contributed by atoms with Crippen LogP contribution in [0.3, 0.4) is 0 Å². The van der Waals surface area contributed by atoms with E-state index in [1.807, 2.05) is 6.07 Å². The Morgan fingerprint density at radius 3 is 2.60 bits per heavy atom. The summed E-state index contributed by atoms with van der Waals surface area (Å²) in [5, 5.41) is 12.5. The SMILES string of the molecule is CC(NC(CCO)C(C)C)c1ccoc1. The van der Waals surface area contributed by atoms with Gasteiger partial charge in [-0.1, -0.05) is 13.8 Å². The maximum Gasteiger partial charge on any atom is 0.0950 e. The van der Waals surface area contributed by atoms with Gasteiger partial charge < -0.3 is 14.8 Å². The lowest BCUT2D eigenvalue weighted by atomic mass is 9.99. The van der Waals surface area contributed by atoms with Crippen LogP contribution in [0.1, 0.15) is 38.8 Å². The number of hydrogen-bond acceptors (Lipinski definition) is 3. The fourth-order valence-corrected chi connectivity index (χ4v) is 1.69. The van der Waals surface area contributed by atoms with Crippen molar-refractivity contribution < 1.29 is 9.52 Å². The Labute approximate surface area is 91.5 Å². The second kappa shape index (κ2) is 5.93. The normalized spacial score (nSPS) is 15.5. The van der Waals surface area contributed by atoms with Gasteiger partial charge in [0.1, 0.15) is 0 Å². The van der Waals surface area contributed by atoms with E-state index in [0.717, 1.165) is 12.0 Å². The lowest BCUT2D eigenvalue weighted by molar-refractivity contribution is 0.237. The van der Waals surface area contributed by atoms with Gasteiger partial charge in [0.05, 0.1) is 12.5 Å². The average molecular weight is 211 g/mol. The molecule has 0 spiro atoms. The van der Waals surface area contributed by atoms with E-state index in [0.29, 0.717) is 12.0 Å². The van der Waals surface area contributed by atoms with Gasteiger partial charge in [-0.2, -0.15) is 0 Å². The minimum absolute atomic E-state index is 0.230. The highest BCUT2D eigenvalue weighted by molar-refractivity contribution is 5.10. The number of aliphatic hydroxyl groups is 1. The molecular weight excluding hydrogens is 190 g/mol. The van der Waals surface area contributed by atoms with Gasteiger partial charge in [0.2, 0.25) is 0 Å². The third-order valence-electron chi connectivity index (χ3n) is 2.75. The van der Waals surface area contributed by atoms with Crippen molar-refractivity contribution in [1.29, 1.82) is 0 Å². The van der Waals surface area contributed by atoms with E-state index in [-0.39, 0.29) is 12.6 Å². The highest BCUT2D eigenvalue weighted by atomic mass is 16.3. The Bertz CT molecular complexity index is 257. The first-order chi connectivity index (χ1) is 7.15. The fraction of sp³-hybridized carbons (Fsp3) is 0.667.